The van der Waals surface area contributed by atoms with Crippen LogP contribution in [0, 0.1) is 6.92 Å². The highest BCUT2D eigenvalue weighted by atomic mass is 32.1. The fraction of sp³-hybridized carbons (Fsp3) is 0.588. The molecule has 7 heteroatoms. The third kappa shape index (κ3) is 4.14. The van der Waals surface area contributed by atoms with E-state index < -0.39 is 0 Å². The summed E-state index contributed by atoms with van der Waals surface area (Å²) in [6.07, 6.45) is 6.17. The SMILES string of the molecule is CCNC(=NCCc1csc(C)n1)N1CCC(c2cnn(C)c2)C1. The van der Waals surface area contributed by atoms with Gasteiger partial charge in [-0.3, -0.25) is 9.67 Å². The molecular weight excluding hydrogens is 320 g/mol. The van der Waals surface area contributed by atoms with Gasteiger partial charge in [-0.2, -0.15) is 5.10 Å². The number of hydrogen-bond donors (Lipinski definition) is 1. The molecule has 0 bridgehead atoms. The first kappa shape index (κ1) is 17.0. The lowest BCUT2D eigenvalue weighted by Gasteiger charge is -2.21. The molecule has 1 N–H and O–H groups in total. The second-order valence-electron chi connectivity index (χ2n) is 6.22. The zero-order chi connectivity index (χ0) is 16.9. The number of nitrogens with zero attached hydrogens (tertiary/aromatic N) is 5. The molecule has 1 fully saturated rings. The molecular formula is C17H26N6S. The Hall–Kier alpha value is -1.89. The molecule has 1 unspecified atom stereocenters. The van der Waals surface area contributed by atoms with Crippen LogP contribution in [0.1, 0.15) is 35.5 Å². The predicted molar refractivity (Wildman–Crippen MR) is 98.7 cm³/mol. The summed E-state index contributed by atoms with van der Waals surface area (Å²) in [5.74, 6) is 1.57. The lowest BCUT2D eigenvalue weighted by Crippen LogP contribution is -2.40. The van der Waals surface area contributed by atoms with E-state index in [1.165, 1.54) is 5.56 Å². The van der Waals surface area contributed by atoms with Gasteiger partial charge in [0.05, 0.1) is 16.9 Å². The van der Waals surface area contributed by atoms with Crippen LogP contribution in [0.5, 0.6) is 0 Å². The van der Waals surface area contributed by atoms with Crippen molar-refractivity contribution >= 4 is 17.3 Å². The molecule has 130 valence electrons. The van der Waals surface area contributed by atoms with Crippen LogP contribution in [0.2, 0.25) is 0 Å². The zero-order valence-electron chi connectivity index (χ0n) is 14.7. The summed E-state index contributed by atoms with van der Waals surface area (Å²) in [5, 5.41) is 11.0. The Bertz CT molecular complexity index is 689. The summed E-state index contributed by atoms with van der Waals surface area (Å²) in [7, 11) is 1.97. The number of likely N-dealkylation sites (tertiary alicyclic amines) is 1. The standard InChI is InChI=1S/C17H26N6S/c1-4-18-17(19-7-5-16-12-24-13(2)21-16)23-8-6-14(11-23)15-9-20-22(3)10-15/h9-10,12,14H,4-8,11H2,1-3H3,(H,18,19). The second-order valence-corrected chi connectivity index (χ2v) is 7.28. The monoisotopic (exact) mass is 346 g/mol. The predicted octanol–water partition coefficient (Wildman–Crippen LogP) is 2.18. The van der Waals surface area contributed by atoms with Crippen LogP contribution in [-0.4, -0.2) is 51.8 Å². The van der Waals surface area contributed by atoms with Crippen LogP contribution < -0.4 is 5.32 Å². The molecule has 0 spiro atoms. The molecule has 1 atom stereocenters. The van der Waals surface area contributed by atoms with Crippen molar-refractivity contribution in [3.05, 3.63) is 34.0 Å². The molecule has 1 aliphatic heterocycles. The molecule has 1 aliphatic rings. The Morgan fingerprint density at radius 1 is 1.50 bits per heavy atom. The van der Waals surface area contributed by atoms with E-state index in [-0.39, 0.29) is 0 Å². The maximum absolute atomic E-state index is 4.81. The minimum Gasteiger partial charge on any atom is -0.357 e. The fourth-order valence-electron chi connectivity index (χ4n) is 3.10. The average molecular weight is 347 g/mol. The summed E-state index contributed by atoms with van der Waals surface area (Å²) in [6.45, 7) is 7.88. The highest BCUT2D eigenvalue weighted by Gasteiger charge is 2.26. The zero-order valence-corrected chi connectivity index (χ0v) is 15.5. The summed E-state index contributed by atoms with van der Waals surface area (Å²) in [4.78, 5) is 11.7. The van der Waals surface area contributed by atoms with E-state index in [4.69, 9.17) is 4.99 Å². The van der Waals surface area contributed by atoms with Gasteiger partial charge in [0.1, 0.15) is 0 Å². The molecule has 0 saturated carbocycles. The Kier molecular flexibility index (Phi) is 5.50. The van der Waals surface area contributed by atoms with Crippen LogP contribution in [0.15, 0.2) is 22.8 Å². The van der Waals surface area contributed by atoms with Gasteiger partial charge in [0.2, 0.25) is 0 Å². The van der Waals surface area contributed by atoms with Crippen molar-refractivity contribution in [2.75, 3.05) is 26.2 Å². The van der Waals surface area contributed by atoms with E-state index in [0.29, 0.717) is 5.92 Å². The maximum atomic E-state index is 4.81. The molecule has 0 aromatic carbocycles. The minimum absolute atomic E-state index is 0.545. The van der Waals surface area contributed by atoms with Gasteiger partial charge in [0.25, 0.3) is 0 Å². The lowest BCUT2D eigenvalue weighted by atomic mass is 10.0. The quantitative estimate of drug-likeness (QED) is 0.666. The molecule has 0 aliphatic carbocycles. The van der Waals surface area contributed by atoms with Crippen LogP contribution in [0.25, 0.3) is 0 Å². The molecule has 6 nitrogen and oxygen atoms in total. The number of aromatic nitrogens is 3. The first-order valence-electron chi connectivity index (χ1n) is 8.58. The molecule has 0 amide bonds. The average Bonchev–Trinajstić information content (AvgIpc) is 3.27. The normalized spacial score (nSPS) is 18.4. The van der Waals surface area contributed by atoms with Crippen molar-refractivity contribution in [1.29, 1.82) is 0 Å². The van der Waals surface area contributed by atoms with E-state index in [9.17, 15) is 0 Å². The van der Waals surface area contributed by atoms with Crippen molar-refractivity contribution in [2.24, 2.45) is 12.0 Å². The first-order valence-corrected chi connectivity index (χ1v) is 9.46. The van der Waals surface area contributed by atoms with E-state index in [0.717, 1.165) is 55.7 Å². The highest BCUT2D eigenvalue weighted by Crippen LogP contribution is 2.26. The Morgan fingerprint density at radius 3 is 3.04 bits per heavy atom. The van der Waals surface area contributed by atoms with Crippen molar-refractivity contribution in [3.8, 4) is 0 Å². The number of guanidine groups is 1. The topological polar surface area (TPSA) is 58.3 Å². The maximum Gasteiger partial charge on any atom is 0.193 e. The van der Waals surface area contributed by atoms with E-state index in [1.54, 1.807) is 11.3 Å². The molecule has 24 heavy (non-hydrogen) atoms. The molecule has 2 aromatic heterocycles. The summed E-state index contributed by atoms with van der Waals surface area (Å²) in [5.41, 5.74) is 2.47. The van der Waals surface area contributed by atoms with Gasteiger partial charge in [0.15, 0.2) is 5.96 Å². The molecule has 3 heterocycles. The Labute approximate surface area is 147 Å². The Morgan fingerprint density at radius 2 is 2.38 bits per heavy atom. The molecule has 2 aromatic rings. The van der Waals surface area contributed by atoms with E-state index in [2.05, 4.69) is 38.8 Å². The fourth-order valence-corrected chi connectivity index (χ4v) is 3.75. The van der Waals surface area contributed by atoms with Gasteiger partial charge in [0, 0.05) is 57.1 Å². The van der Waals surface area contributed by atoms with Crippen LogP contribution in [-0.2, 0) is 13.5 Å². The second kappa shape index (κ2) is 7.79. The van der Waals surface area contributed by atoms with Crippen molar-refractivity contribution in [3.63, 3.8) is 0 Å². The number of aliphatic imine (C=N–C) groups is 1. The van der Waals surface area contributed by atoms with E-state index in [1.807, 2.05) is 24.9 Å². The van der Waals surface area contributed by atoms with Crippen LogP contribution >= 0.6 is 11.3 Å². The van der Waals surface area contributed by atoms with Gasteiger partial charge in [-0.1, -0.05) is 0 Å². The molecule has 1 saturated heterocycles. The molecule has 0 radical (unpaired) electrons. The largest absolute Gasteiger partial charge is 0.357 e. The first-order chi connectivity index (χ1) is 11.7. The van der Waals surface area contributed by atoms with E-state index >= 15 is 0 Å². The lowest BCUT2D eigenvalue weighted by molar-refractivity contribution is 0.486. The van der Waals surface area contributed by atoms with Gasteiger partial charge >= 0.3 is 0 Å². The highest BCUT2D eigenvalue weighted by molar-refractivity contribution is 7.09. The van der Waals surface area contributed by atoms with Crippen molar-refractivity contribution in [2.45, 2.75) is 32.6 Å². The smallest absolute Gasteiger partial charge is 0.193 e. The van der Waals surface area contributed by atoms with Gasteiger partial charge in [-0.15, -0.1) is 11.3 Å². The summed E-state index contributed by atoms with van der Waals surface area (Å²) < 4.78 is 1.88. The van der Waals surface area contributed by atoms with Crippen LogP contribution in [0.3, 0.4) is 0 Å². The van der Waals surface area contributed by atoms with Gasteiger partial charge in [-0.25, -0.2) is 4.98 Å². The summed E-state index contributed by atoms with van der Waals surface area (Å²) in [6, 6.07) is 0. The number of thiazole rings is 1. The summed E-state index contributed by atoms with van der Waals surface area (Å²) >= 11 is 1.71. The van der Waals surface area contributed by atoms with Crippen LogP contribution in [0.4, 0.5) is 0 Å². The van der Waals surface area contributed by atoms with Gasteiger partial charge in [-0.05, 0) is 25.8 Å². The minimum atomic E-state index is 0.545. The number of nitrogens with one attached hydrogen (secondary N) is 1. The van der Waals surface area contributed by atoms with Crippen molar-refractivity contribution < 1.29 is 0 Å². The number of hydrogen-bond acceptors (Lipinski definition) is 4. The third-order valence-electron chi connectivity index (χ3n) is 4.32. The number of rotatable bonds is 5. The van der Waals surface area contributed by atoms with Crippen molar-refractivity contribution in [1.82, 2.24) is 25.0 Å². The number of aryl methyl sites for hydroxylation is 2. The Balaban J connectivity index is 1.59. The molecule has 3 rings (SSSR count). The third-order valence-corrected chi connectivity index (χ3v) is 5.14. The van der Waals surface area contributed by atoms with Gasteiger partial charge < -0.3 is 10.2 Å².